The molecule has 4 rings (SSSR count). The lowest BCUT2D eigenvalue weighted by Gasteiger charge is -2.36. The van der Waals surface area contributed by atoms with Crippen LogP contribution in [0.25, 0.3) is 0 Å². The van der Waals surface area contributed by atoms with Gasteiger partial charge in [-0.25, -0.2) is 0 Å². The number of hydrogen-bond acceptors (Lipinski definition) is 3. The van der Waals surface area contributed by atoms with Gasteiger partial charge in [-0.3, -0.25) is 19.3 Å². The lowest BCUT2D eigenvalue weighted by molar-refractivity contribution is -0.122. The molecule has 0 radical (unpaired) electrons. The molecule has 3 amide bonds. The van der Waals surface area contributed by atoms with E-state index in [1.54, 1.807) is 60.7 Å². The Balaban J connectivity index is 1.66. The minimum atomic E-state index is -0.991. The van der Waals surface area contributed by atoms with E-state index in [1.165, 1.54) is 4.90 Å². The smallest absolute Gasteiger partial charge is 0.259 e. The number of fused-ring (bicyclic) bond motifs is 1. The van der Waals surface area contributed by atoms with Crippen LogP contribution in [0.4, 0.5) is 17.1 Å². The van der Waals surface area contributed by atoms with Gasteiger partial charge in [-0.1, -0.05) is 41.9 Å². The number of carbonyl (C=O) groups is 3. The third-order valence-electron chi connectivity index (χ3n) is 5.14. The van der Waals surface area contributed by atoms with Gasteiger partial charge in [0.05, 0.1) is 17.8 Å². The maximum Gasteiger partial charge on any atom is 0.259 e. The van der Waals surface area contributed by atoms with Crippen LogP contribution >= 0.6 is 11.6 Å². The summed E-state index contributed by atoms with van der Waals surface area (Å²) in [5, 5.41) is 6.12. The maximum atomic E-state index is 13.5. The number of halogens is 1. The van der Waals surface area contributed by atoms with E-state index in [4.69, 9.17) is 11.6 Å². The number of benzene rings is 3. The van der Waals surface area contributed by atoms with Crippen molar-refractivity contribution in [3.63, 3.8) is 0 Å². The van der Waals surface area contributed by atoms with E-state index in [0.717, 1.165) is 5.56 Å². The highest BCUT2D eigenvalue weighted by atomic mass is 35.5. The normalized spacial score (nSPS) is 15.1. The molecule has 0 saturated carbocycles. The standard InChI is InChI=1S/C24H20ClN3O3/c1-15-6-2-3-7-18(15)24(31)28-20-9-5-4-8-19(20)27-23(30)21(28)14-22(29)26-17-12-10-16(25)11-13-17/h2-13,21H,14H2,1H3,(H,26,29)(H,27,30)/t21-/m1/s1. The number of carbonyl (C=O) groups excluding carboxylic acids is 3. The van der Waals surface area contributed by atoms with Crippen LogP contribution < -0.4 is 15.5 Å². The Labute approximate surface area is 184 Å². The monoisotopic (exact) mass is 433 g/mol. The molecule has 1 aliphatic rings. The molecule has 31 heavy (non-hydrogen) atoms. The highest BCUT2D eigenvalue weighted by Crippen LogP contribution is 2.34. The van der Waals surface area contributed by atoms with E-state index in [-0.39, 0.29) is 18.2 Å². The molecule has 7 heteroatoms. The molecule has 0 spiro atoms. The van der Waals surface area contributed by atoms with Crippen LogP contribution in [-0.4, -0.2) is 23.8 Å². The second kappa shape index (κ2) is 8.62. The first-order chi connectivity index (χ1) is 14.9. The molecule has 2 N–H and O–H groups in total. The van der Waals surface area contributed by atoms with Crippen LogP contribution in [-0.2, 0) is 9.59 Å². The van der Waals surface area contributed by atoms with Crippen LogP contribution in [0.1, 0.15) is 22.3 Å². The maximum absolute atomic E-state index is 13.5. The molecule has 6 nitrogen and oxygen atoms in total. The number of para-hydroxylation sites is 2. The Kier molecular flexibility index (Phi) is 5.73. The molecule has 156 valence electrons. The fraction of sp³-hybridized carbons (Fsp3) is 0.125. The van der Waals surface area contributed by atoms with Gasteiger partial charge in [0, 0.05) is 16.3 Å². The first-order valence-corrected chi connectivity index (χ1v) is 10.2. The minimum absolute atomic E-state index is 0.194. The van der Waals surface area contributed by atoms with Crippen molar-refractivity contribution in [3.8, 4) is 0 Å². The molecule has 0 aliphatic carbocycles. The van der Waals surface area contributed by atoms with Gasteiger partial charge in [0.25, 0.3) is 5.91 Å². The zero-order valence-corrected chi connectivity index (χ0v) is 17.5. The molecular weight excluding hydrogens is 414 g/mol. The largest absolute Gasteiger partial charge is 0.326 e. The first kappa shape index (κ1) is 20.6. The summed E-state index contributed by atoms with van der Waals surface area (Å²) in [6.45, 7) is 1.84. The van der Waals surface area contributed by atoms with Crippen molar-refractivity contribution in [1.82, 2.24) is 0 Å². The first-order valence-electron chi connectivity index (χ1n) is 9.78. The van der Waals surface area contributed by atoms with E-state index >= 15 is 0 Å². The van der Waals surface area contributed by atoms with Crippen molar-refractivity contribution in [1.29, 1.82) is 0 Å². The average molecular weight is 434 g/mol. The molecule has 0 fully saturated rings. The van der Waals surface area contributed by atoms with Crippen molar-refractivity contribution >= 4 is 46.4 Å². The Hall–Kier alpha value is -3.64. The average Bonchev–Trinajstić information content (AvgIpc) is 2.76. The fourth-order valence-electron chi connectivity index (χ4n) is 3.59. The summed E-state index contributed by atoms with van der Waals surface area (Å²) in [4.78, 5) is 40.6. The van der Waals surface area contributed by atoms with Crippen molar-refractivity contribution < 1.29 is 14.4 Å². The summed E-state index contributed by atoms with van der Waals surface area (Å²) in [5.41, 5.74) is 2.92. The number of nitrogens with zero attached hydrogens (tertiary/aromatic N) is 1. The zero-order chi connectivity index (χ0) is 22.0. The number of anilines is 3. The molecule has 1 atom stereocenters. The highest BCUT2D eigenvalue weighted by Gasteiger charge is 2.38. The predicted molar refractivity (Wildman–Crippen MR) is 122 cm³/mol. The van der Waals surface area contributed by atoms with Crippen LogP contribution in [0.15, 0.2) is 72.8 Å². The summed E-state index contributed by atoms with van der Waals surface area (Å²) in [6.07, 6.45) is -0.194. The van der Waals surface area contributed by atoms with E-state index in [1.807, 2.05) is 19.1 Å². The molecule has 3 aromatic rings. The van der Waals surface area contributed by atoms with Crippen molar-refractivity contribution in [2.45, 2.75) is 19.4 Å². The van der Waals surface area contributed by atoms with Crippen LogP contribution in [0, 0.1) is 6.92 Å². The van der Waals surface area contributed by atoms with Crippen LogP contribution in [0.2, 0.25) is 5.02 Å². The van der Waals surface area contributed by atoms with Crippen molar-refractivity contribution in [3.05, 3.63) is 88.9 Å². The van der Waals surface area contributed by atoms with E-state index in [0.29, 0.717) is 27.6 Å². The Morgan fingerprint density at radius 2 is 1.68 bits per heavy atom. The summed E-state index contributed by atoms with van der Waals surface area (Å²) in [6, 6.07) is 19.9. The summed E-state index contributed by atoms with van der Waals surface area (Å²) in [7, 11) is 0. The quantitative estimate of drug-likeness (QED) is 0.628. The Morgan fingerprint density at radius 1 is 1.00 bits per heavy atom. The topological polar surface area (TPSA) is 78.5 Å². The van der Waals surface area contributed by atoms with Gasteiger partial charge in [0.15, 0.2) is 0 Å². The number of rotatable bonds is 4. The highest BCUT2D eigenvalue weighted by molar-refractivity contribution is 6.30. The molecule has 1 aliphatic heterocycles. The third kappa shape index (κ3) is 4.29. The van der Waals surface area contributed by atoms with Crippen molar-refractivity contribution in [2.75, 3.05) is 15.5 Å². The van der Waals surface area contributed by atoms with E-state index in [2.05, 4.69) is 10.6 Å². The molecule has 3 aromatic carbocycles. The minimum Gasteiger partial charge on any atom is -0.326 e. The van der Waals surface area contributed by atoms with Gasteiger partial charge in [0.1, 0.15) is 6.04 Å². The fourth-order valence-corrected chi connectivity index (χ4v) is 3.71. The van der Waals surface area contributed by atoms with Crippen LogP contribution in [0.5, 0.6) is 0 Å². The van der Waals surface area contributed by atoms with Crippen LogP contribution in [0.3, 0.4) is 0 Å². The SMILES string of the molecule is Cc1ccccc1C(=O)N1c2ccccc2NC(=O)[C@H]1CC(=O)Nc1ccc(Cl)cc1. The second-order valence-electron chi connectivity index (χ2n) is 7.27. The Bertz CT molecular complexity index is 1160. The molecular formula is C24H20ClN3O3. The third-order valence-corrected chi connectivity index (χ3v) is 5.39. The summed E-state index contributed by atoms with van der Waals surface area (Å²) < 4.78 is 0. The lowest BCUT2D eigenvalue weighted by Crippen LogP contribution is -2.52. The van der Waals surface area contributed by atoms with E-state index < -0.39 is 11.9 Å². The van der Waals surface area contributed by atoms with Gasteiger partial charge in [-0.05, 0) is 55.0 Å². The van der Waals surface area contributed by atoms with Gasteiger partial charge in [0.2, 0.25) is 11.8 Å². The molecule has 0 saturated heterocycles. The molecule has 1 heterocycles. The number of hydrogen-bond donors (Lipinski definition) is 2. The lowest BCUT2D eigenvalue weighted by atomic mass is 10.0. The summed E-state index contributed by atoms with van der Waals surface area (Å²) >= 11 is 5.89. The van der Waals surface area contributed by atoms with Gasteiger partial charge < -0.3 is 10.6 Å². The molecule has 0 bridgehead atoms. The van der Waals surface area contributed by atoms with Gasteiger partial charge >= 0.3 is 0 Å². The Morgan fingerprint density at radius 3 is 2.42 bits per heavy atom. The predicted octanol–water partition coefficient (Wildman–Crippen LogP) is 4.64. The molecule has 0 aromatic heterocycles. The number of aryl methyl sites for hydroxylation is 1. The van der Waals surface area contributed by atoms with Crippen molar-refractivity contribution in [2.24, 2.45) is 0 Å². The zero-order valence-electron chi connectivity index (χ0n) is 16.8. The number of amides is 3. The van der Waals surface area contributed by atoms with Gasteiger partial charge in [-0.2, -0.15) is 0 Å². The molecule has 0 unspecified atom stereocenters. The number of nitrogens with one attached hydrogen (secondary N) is 2. The second-order valence-corrected chi connectivity index (χ2v) is 7.71. The van der Waals surface area contributed by atoms with Gasteiger partial charge in [-0.15, -0.1) is 0 Å². The van der Waals surface area contributed by atoms with E-state index in [9.17, 15) is 14.4 Å². The summed E-state index contributed by atoms with van der Waals surface area (Å²) in [5.74, 6) is -1.12.